The third-order valence-corrected chi connectivity index (χ3v) is 5.77. The summed E-state index contributed by atoms with van der Waals surface area (Å²) in [6.45, 7) is 6.45. The van der Waals surface area contributed by atoms with Crippen molar-refractivity contribution < 1.29 is 0 Å². The summed E-state index contributed by atoms with van der Waals surface area (Å²) < 4.78 is 0. The van der Waals surface area contributed by atoms with Crippen molar-refractivity contribution in [2.24, 2.45) is 5.73 Å². The molecule has 0 spiro atoms. The fraction of sp³-hybridized carbons (Fsp3) is 0.375. The summed E-state index contributed by atoms with van der Waals surface area (Å²) in [4.78, 5) is 4.05. The molecule has 0 aliphatic carbocycles. The highest BCUT2D eigenvalue weighted by Crippen LogP contribution is 2.41. The van der Waals surface area contributed by atoms with Crippen LogP contribution in [0.2, 0.25) is 0 Å². The molecule has 0 fully saturated rings. The maximum Gasteiger partial charge on any atom is 0.0589 e. The van der Waals surface area contributed by atoms with E-state index < -0.39 is 0 Å². The molecule has 0 aliphatic rings. The Kier molecular flexibility index (Phi) is 5.08. The van der Waals surface area contributed by atoms with Crippen LogP contribution in [0.4, 0.5) is 0 Å². The Hall–Kier alpha value is -0.770. The molecular formula is C16H21NS2. The molecule has 1 aromatic carbocycles. The predicted molar refractivity (Wildman–Crippen MR) is 87.1 cm³/mol. The second-order valence-corrected chi connectivity index (χ2v) is 7.41. The molecule has 2 atom stereocenters. The summed E-state index contributed by atoms with van der Waals surface area (Å²) >= 11 is 3.75. The Labute approximate surface area is 124 Å². The Balaban J connectivity index is 2.24. The molecule has 19 heavy (non-hydrogen) atoms. The molecular weight excluding hydrogens is 270 g/mol. The second kappa shape index (κ2) is 6.60. The van der Waals surface area contributed by atoms with E-state index in [1.807, 2.05) is 23.1 Å². The first-order valence-electron chi connectivity index (χ1n) is 6.65. The molecule has 1 nitrogen and oxygen atoms in total. The molecule has 1 heterocycles. The van der Waals surface area contributed by atoms with Crippen molar-refractivity contribution in [3.63, 3.8) is 0 Å². The summed E-state index contributed by atoms with van der Waals surface area (Å²) in [6, 6.07) is 13.3. The van der Waals surface area contributed by atoms with Crippen molar-refractivity contribution in [2.45, 2.75) is 43.4 Å². The monoisotopic (exact) mass is 291 g/mol. The van der Waals surface area contributed by atoms with Crippen molar-refractivity contribution in [3.05, 3.63) is 51.7 Å². The van der Waals surface area contributed by atoms with E-state index in [9.17, 15) is 0 Å². The van der Waals surface area contributed by atoms with Gasteiger partial charge in [0.25, 0.3) is 0 Å². The van der Waals surface area contributed by atoms with Crippen LogP contribution in [0.3, 0.4) is 0 Å². The minimum atomic E-state index is 0.198. The van der Waals surface area contributed by atoms with Crippen molar-refractivity contribution in [3.8, 4) is 0 Å². The maximum absolute atomic E-state index is 6.33. The van der Waals surface area contributed by atoms with Crippen molar-refractivity contribution in [2.75, 3.05) is 0 Å². The number of aryl methyl sites for hydroxylation is 2. The standard InChI is InChI=1S/C16H21NS2/c1-4-14(17)16(15-9-8-12(3)18-15)19-13-7-5-6-11(2)10-13/h5-10,14,16H,4,17H2,1-3H3. The molecule has 0 saturated heterocycles. The Morgan fingerprint density at radius 2 is 2.00 bits per heavy atom. The van der Waals surface area contributed by atoms with Gasteiger partial charge in [-0.05, 0) is 44.5 Å². The van der Waals surface area contributed by atoms with Crippen LogP contribution in [0.25, 0.3) is 0 Å². The van der Waals surface area contributed by atoms with Crippen LogP contribution in [0.1, 0.15) is 33.9 Å². The van der Waals surface area contributed by atoms with Crippen LogP contribution >= 0.6 is 23.1 Å². The zero-order chi connectivity index (χ0) is 13.8. The summed E-state index contributed by atoms with van der Waals surface area (Å²) in [5.41, 5.74) is 7.63. The summed E-state index contributed by atoms with van der Waals surface area (Å²) in [7, 11) is 0. The van der Waals surface area contributed by atoms with E-state index in [2.05, 4.69) is 57.2 Å². The van der Waals surface area contributed by atoms with Crippen LogP contribution in [0.5, 0.6) is 0 Å². The molecule has 102 valence electrons. The lowest BCUT2D eigenvalue weighted by Gasteiger charge is -2.21. The number of thioether (sulfide) groups is 1. The number of nitrogens with two attached hydrogens (primary N) is 1. The molecule has 2 N–H and O–H groups in total. The van der Waals surface area contributed by atoms with E-state index in [1.165, 1.54) is 20.2 Å². The number of hydrogen-bond acceptors (Lipinski definition) is 3. The normalized spacial score (nSPS) is 14.3. The minimum absolute atomic E-state index is 0.198. The van der Waals surface area contributed by atoms with E-state index >= 15 is 0 Å². The Morgan fingerprint density at radius 3 is 2.58 bits per heavy atom. The first kappa shape index (κ1) is 14.6. The van der Waals surface area contributed by atoms with Gasteiger partial charge in [0.2, 0.25) is 0 Å². The van der Waals surface area contributed by atoms with Crippen LogP contribution < -0.4 is 5.73 Å². The fourth-order valence-electron chi connectivity index (χ4n) is 2.01. The second-order valence-electron chi connectivity index (χ2n) is 4.88. The van der Waals surface area contributed by atoms with E-state index in [1.54, 1.807) is 0 Å². The van der Waals surface area contributed by atoms with Gasteiger partial charge in [-0.1, -0.05) is 24.6 Å². The summed E-state index contributed by atoms with van der Waals surface area (Å²) in [5.74, 6) is 0. The zero-order valence-electron chi connectivity index (χ0n) is 11.7. The average molecular weight is 291 g/mol. The van der Waals surface area contributed by atoms with Gasteiger partial charge in [-0.15, -0.1) is 23.1 Å². The van der Waals surface area contributed by atoms with Gasteiger partial charge >= 0.3 is 0 Å². The van der Waals surface area contributed by atoms with E-state index in [-0.39, 0.29) is 6.04 Å². The highest BCUT2D eigenvalue weighted by Gasteiger charge is 2.21. The van der Waals surface area contributed by atoms with E-state index in [0.29, 0.717) is 5.25 Å². The maximum atomic E-state index is 6.33. The topological polar surface area (TPSA) is 26.0 Å². The third kappa shape index (κ3) is 3.85. The van der Waals surface area contributed by atoms with Crippen molar-refractivity contribution in [1.29, 1.82) is 0 Å². The number of rotatable bonds is 5. The largest absolute Gasteiger partial charge is 0.326 e. The minimum Gasteiger partial charge on any atom is -0.326 e. The molecule has 2 unspecified atom stereocenters. The number of benzene rings is 1. The molecule has 0 saturated carbocycles. The van der Waals surface area contributed by atoms with Gasteiger partial charge in [0.15, 0.2) is 0 Å². The lowest BCUT2D eigenvalue weighted by atomic mass is 10.1. The molecule has 2 rings (SSSR count). The van der Waals surface area contributed by atoms with Crippen LogP contribution in [0.15, 0.2) is 41.3 Å². The van der Waals surface area contributed by atoms with Crippen molar-refractivity contribution >= 4 is 23.1 Å². The lowest BCUT2D eigenvalue weighted by Crippen LogP contribution is -2.25. The lowest BCUT2D eigenvalue weighted by molar-refractivity contribution is 0.640. The summed E-state index contributed by atoms with van der Waals surface area (Å²) in [5, 5.41) is 0.352. The van der Waals surface area contributed by atoms with Gasteiger partial charge < -0.3 is 5.73 Å². The molecule has 0 aliphatic heterocycles. The Morgan fingerprint density at radius 1 is 1.21 bits per heavy atom. The van der Waals surface area contributed by atoms with Gasteiger partial charge in [-0.2, -0.15) is 0 Å². The van der Waals surface area contributed by atoms with Crippen molar-refractivity contribution in [1.82, 2.24) is 0 Å². The summed E-state index contributed by atoms with van der Waals surface area (Å²) in [6.07, 6.45) is 1.00. The SMILES string of the molecule is CCC(N)C(Sc1cccc(C)c1)c1ccc(C)s1. The van der Waals surface area contributed by atoms with E-state index in [0.717, 1.165) is 6.42 Å². The van der Waals surface area contributed by atoms with E-state index in [4.69, 9.17) is 5.73 Å². The average Bonchev–Trinajstić information content (AvgIpc) is 2.81. The van der Waals surface area contributed by atoms with Gasteiger partial charge in [0, 0.05) is 20.7 Å². The zero-order valence-corrected chi connectivity index (χ0v) is 13.4. The van der Waals surface area contributed by atoms with Crippen LogP contribution in [-0.4, -0.2) is 6.04 Å². The molecule has 0 amide bonds. The van der Waals surface area contributed by atoms with Crippen LogP contribution in [0, 0.1) is 13.8 Å². The molecule has 1 aromatic heterocycles. The highest BCUT2D eigenvalue weighted by atomic mass is 32.2. The molecule has 2 aromatic rings. The highest BCUT2D eigenvalue weighted by molar-refractivity contribution is 7.99. The smallest absolute Gasteiger partial charge is 0.0589 e. The third-order valence-electron chi connectivity index (χ3n) is 3.15. The molecule has 0 radical (unpaired) electrons. The number of thiophene rings is 1. The van der Waals surface area contributed by atoms with Gasteiger partial charge in [-0.3, -0.25) is 0 Å². The van der Waals surface area contributed by atoms with Crippen LogP contribution in [-0.2, 0) is 0 Å². The van der Waals surface area contributed by atoms with Gasteiger partial charge in [0.1, 0.15) is 0 Å². The Bertz CT molecular complexity index is 533. The molecule has 3 heteroatoms. The number of hydrogen-bond donors (Lipinski definition) is 1. The quantitative estimate of drug-likeness (QED) is 0.790. The predicted octanol–water partition coefficient (Wildman–Crippen LogP) is 4.94. The van der Waals surface area contributed by atoms with Gasteiger partial charge in [-0.25, -0.2) is 0 Å². The fourth-order valence-corrected chi connectivity index (χ4v) is 4.50. The van der Waals surface area contributed by atoms with Gasteiger partial charge in [0.05, 0.1) is 5.25 Å². The molecule has 0 bridgehead atoms. The first-order chi connectivity index (χ1) is 9.10. The first-order valence-corrected chi connectivity index (χ1v) is 8.35.